The molecule has 0 saturated carbocycles. The average molecular weight is 425 g/mol. The molecule has 2 saturated heterocycles. The summed E-state index contributed by atoms with van der Waals surface area (Å²) in [5.41, 5.74) is 3.54. The summed E-state index contributed by atoms with van der Waals surface area (Å²) in [6.07, 6.45) is 3.06. The molecular formula is C23H25ClN4O2. The maximum absolute atomic E-state index is 13.3. The van der Waals surface area contributed by atoms with Crippen molar-refractivity contribution in [2.24, 2.45) is 0 Å². The van der Waals surface area contributed by atoms with E-state index in [0.717, 1.165) is 35.9 Å². The lowest BCUT2D eigenvalue weighted by molar-refractivity contribution is 0.0298. The predicted molar refractivity (Wildman–Crippen MR) is 116 cm³/mol. The number of imidazole rings is 1. The summed E-state index contributed by atoms with van der Waals surface area (Å²) in [4.78, 5) is 22.2. The van der Waals surface area contributed by atoms with Gasteiger partial charge in [0.15, 0.2) is 5.69 Å². The SMILES string of the molecule is O=C(c1nc2ccccn2c1CN1CCC(c2ccccc2Cl)C1)N1CCOCC1. The number of rotatable bonds is 4. The van der Waals surface area contributed by atoms with Crippen LogP contribution < -0.4 is 0 Å². The summed E-state index contributed by atoms with van der Waals surface area (Å²) in [6.45, 7) is 4.99. The third-order valence-electron chi connectivity index (χ3n) is 6.12. The molecule has 2 aromatic heterocycles. The minimum absolute atomic E-state index is 0.00106. The monoisotopic (exact) mass is 424 g/mol. The quantitative estimate of drug-likeness (QED) is 0.643. The summed E-state index contributed by atoms with van der Waals surface area (Å²) in [6, 6.07) is 14.0. The van der Waals surface area contributed by atoms with Gasteiger partial charge in [0.25, 0.3) is 5.91 Å². The van der Waals surface area contributed by atoms with E-state index in [9.17, 15) is 4.79 Å². The Morgan fingerprint density at radius 1 is 1.10 bits per heavy atom. The number of ether oxygens (including phenoxy) is 1. The molecule has 6 nitrogen and oxygen atoms in total. The number of aromatic nitrogens is 2. The maximum atomic E-state index is 13.3. The zero-order valence-electron chi connectivity index (χ0n) is 16.8. The Bertz CT molecular complexity index is 1060. The summed E-state index contributed by atoms with van der Waals surface area (Å²) >= 11 is 6.43. The van der Waals surface area contributed by atoms with Gasteiger partial charge in [0.2, 0.25) is 0 Å². The van der Waals surface area contributed by atoms with Gasteiger partial charge < -0.3 is 14.0 Å². The first kappa shape index (κ1) is 19.5. The Kier molecular flexibility index (Phi) is 5.46. The fourth-order valence-corrected chi connectivity index (χ4v) is 4.82. The molecule has 5 rings (SSSR count). The fourth-order valence-electron chi connectivity index (χ4n) is 4.53. The van der Waals surface area contributed by atoms with E-state index in [4.69, 9.17) is 21.3 Å². The van der Waals surface area contributed by atoms with Crippen LogP contribution in [-0.4, -0.2) is 64.5 Å². The zero-order chi connectivity index (χ0) is 20.5. The second kappa shape index (κ2) is 8.38. The van der Waals surface area contributed by atoms with Crippen molar-refractivity contribution in [3.05, 3.63) is 70.6 Å². The molecule has 2 aliphatic rings. The van der Waals surface area contributed by atoms with Crippen LogP contribution in [0.15, 0.2) is 48.7 Å². The van der Waals surface area contributed by atoms with Crippen LogP contribution in [0.2, 0.25) is 5.02 Å². The standard InChI is InChI=1S/C23H25ClN4O2/c24-19-6-2-1-5-18(19)17-8-10-26(15-17)16-20-22(23(29)27-11-13-30-14-12-27)25-21-7-3-4-9-28(20)21/h1-7,9,17H,8,10-16H2. The number of pyridine rings is 1. The minimum atomic E-state index is -0.00106. The molecule has 4 heterocycles. The third-order valence-corrected chi connectivity index (χ3v) is 6.46. The van der Waals surface area contributed by atoms with E-state index < -0.39 is 0 Å². The van der Waals surface area contributed by atoms with Crippen molar-refractivity contribution >= 4 is 23.2 Å². The van der Waals surface area contributed by atoms with Crippen molar-refractivity contribution < 1.29 is 9.53 Å². The van der Waals surface area contributed by atoms with Gasteiger partial charge in [0.1, 0.15) is 5.65 Å². The lowest BCUT2D eigenvalue weighted by Gasteiger charge is -2.26. The largest absolute Gasteiger partial charge is 0.378 e. The smallest absolute Gasteiger partial charge is 0.274 e. The van der Waals surface area contributed by atoms with E-state index >= 15 is 0 Å². The Labute approximate surface area is 181 Å². The van der Waals surface area contributed by atoms with Crippen molar-refractivity contribution in [1.29, 1.82) is 0 Å². The van der Waals surface area contributed by atoms with E-state index in [1.807, 2.05) is 47.5 Å². The Hall–Kier alpha value is -2.41. The molecule has 7 heteroatoms. The Balaban J connectivity index is 1.41. The van der Waals surface area contributed by atoms with Gasteiger partial charge in [0.05, 0.1) is 18.9 Å². The molecule has 2 aliphatic heterocycles. The van der Waals surface area contributed by atoms with Gasteiger partial charge in [0, 0.05) is 37.4 Å². The van der Waals surface area contributed by atoms with Crippen molar-refractivity contribution in [3.63, 3.8) is 0 Å². The molecule has 1 unspecified atom stereocenters. The first-order valence-electron chi connectivity index (χ1n) is 10.5. The van der Waals surface area contributed by atoms with Gasteiger partial charge in [-0.2, -0.15) is 0 Å². The molecule has 2 fully saturated rings. The van der Waals surface area contributed by atoms with Gasteiger partial charge in [-0.1, -0.05) is 35.9 Å². The number of amides is 1. The molecule has 156 valence electrons. The first-order chi connectivity index (χ1) is 14.7. The summed E-state index contributed by atoms with van der Waals surface area (Å²) in [5, 5.41) is 0.835. The molecule has 0 N–H and O–H groups in total. The van der Waals surface area contributed by atoms with Gasteiger partial charge >= 0.3 is 0 Å². The molecule has 1 aromatic carbocycles. The fraction of sp³-hybridized carbons (Fsp3) is 0.391. The van der Waals surface area contributed by atoms with Crippen LogP contribution >= 0.6 is 11.6 Å². The van der Waals surface area contributed by atoms with Gasteiger partial charge in [-0.3, -0.25) is 9.69 Å². The van der Waals surface area contributed by atoms with E-state index in [1.165, 1.54) is 5.56 Å². The molecule has 0 radical (unpaired) electrons. The van der Waals surface area contributed by atoms with Crippen LogP contribution in [0, 0.1) is 0 Å². The number of carbonyl (C=O) groups is 1. The zero-order valence-corrected chi connectivity index (χ0v) is 17.6. The molecule has 0 spiro atoms. The molecule has 30 heavy (non-hydrogen) atoms. The number of carbonyl (C=O) groups excluding carboxylic acids is 1. The van der Waals surface area contributed by atoms with Crippen molar-refractivity contribution in [3.8, 4) is 0 Å². The molecule has 3 aromatic rings. The molecule has 0 aliphatic carbocycles. The second-order valence-corrected chi connectivity index (χ2v) is 8.39. The van der Waals surface area contributed by atoms with Gasteiger partial charge in [-0.15, -0.1) is 0 Å². The summed E-state index contributed by atoms with van der Waals surface area (Å²) in [5.74, 6) is 0.412. The van der Waals surface area contributed by atoms with Crippen LogP contribution in [0.5, 0.6) is 0 Å². The predicted octanol–water partition coefficient (Wildman–Crippen LogP) is 3.45. The maximum Gasteiger partial charge on any atom is 0.274 e. The van der Waals surface area contributed by atoms with Crippen molar-refractivity contribution in [2.75, 3.05) is 39.4 Å². The van der Waals surface area contributed by atoms with Crippen molar-refractivity contribution in [1.82, 2.24) is 19.2 Å². The van der Waals surface area contributed by atoms with Crippen molar-refractivity contribution in [2.45, 2.75) is 18.9 Å². The van der Waals surface area contributed by atoms with E-state index in [1.54, 1.807) is 0 Å². The van der Waals surface area contributed by atoms with E-state index in [2.05, 4.69) is 15.4 Å². The van der Waals surface area contributed by atoms with Crippen LogP contribution in [0.1, 0.15) is 34.1 Å². The Morgan fingerprint density at radius 3 is 2.73 bits per heavy atom. The van der Waals surface area contributed by atoms with E-state index in [0.29, 0.717) is 44.5 Å². The minimum Gasteiger partial charge on any atom is -0.378 e. The number of hydrogen-bond acceptors (Lipinski definition) is 4. The molecule has 0 bridgehead atoms. The number of hydrogen-bond donors (Lipinski definition) is 0. The van der Waals surface area contributed by atoms with Gasteiger partial charge in [-0.25, -0.2) is 4.98 Å². The number of fused-ring (bicyclic) bond motifs is 1. The van der Waals surface area contributed by atoms with Gasteiger partial charge in [-0.05, 0) is 42.6 Å². The molecule has 1 amide bonds. The lowest BCUT2D eigenvalue weighted by Crippen LogP contribution is -2.41. The number of morpholine rings is 1. The third kappa shape index (κ3) is 3.71. The second-order valence-electron chi connectivity index (χ2n) is 7.98. The van der Waals surface area contributed by atoms with E-state index in [-0.39, 0.29) is 5.91 Å². The number of halogens is 1. The van der Waals surface area contributed by atoms with Crippen LogP contribution in [0.4, 0.5) is 0 Å². The number of benzene rings is 1. The topological polar surface area (TPSA) is 50.1 Å². The highest BCUT2D eigenvalue weighted by atomic mass is 35.5. The lowest BCUT2D eigenvalue weighted by atomic mass is 9.98. The highest BCUT2D eigenvalue weighted by Crippen LogP contribution is 2.33. The summed E-state index contributed by atoms with van der Waals surface area (Å²) < 4.78 is 7.46. The summed E-state index contributed by atoms with van der Waals surface area (Å²) in [7, 11) is 0. The highest BCUT2D eigenvalue weighted by molar-refractivity contribution is 6.31. The molecule has 1 atom stereocenters. The number of nitrogens with zero attached hydrogens (tertiary/aromatic N) is 4. The normalized spacial score (nSPS) is 20.2. The van der Waals surface area contributed by atoms with Crippen LogP contribution in [0.3, 0.4) is 0 Å². The Morgan fingerprint density at radius 2 is 1.90 bits per heavy atom. The molecular weight excluding hydrogens is 400 g/mol. The first-order valence-corrected chi connectivity index (χ1v) is 10.9. The van der Waals surface area contributed by atoms with Crippen LogP contribution in [-0.2, 0) is 11.3 Å². The number of likely N-dealkylation sites (tertiary alicyclic amines) is 1. The average Bonchev–Trinajstić information content (AvgIpc) is 3.40. The van der Waals surface area contributed by atoms with Crippen LogP contribution in [0.25, 0.3) is 5.65 Å². The highest BCUT2D eigenvalue weighted by Gasteiger charge is 2.30.